The molecule has 0 aliphatic heterocycles. The highest BCUT2D eigenvalue weighted by Crippen LogP contribution is 2.07. The summed E-state index contributed by atoms with van der Waals surface area (Å²) in [6, 6.07) is 7.23. The molecule has 0 heterocycles. The lowest BCUT2D eigenvalue weighted by Crippen LogP contribution is -2.33. The second kappa shape index (κ2) is 7.54. The van der Waals surface area contributed by atoms with Crippen molar-refractivity contribution in [3.05, 3.63) is 35.4 Å². The molecule has 1 aromatic rings. The molecule has 0 bridgehead atoms. The molecule has 18 heavy (non-hydrogen) atoms. The van der Waals surface area contributed by atoms with E-state index in [2.05, 4.69) is 5.32 Å². The lowest BCUT2D eigenvalue weighted by molar-refractivity contribution is 0.0939. The van der Waals surface area contributed by atoms with E-state index in [0.717, 1.165) is 5.56 Å². The van der Waals surface area contributed by atoms with Gasteiger partial charge in [-0.3, -0.25) is 9.00 Å². The fourth-order valence-electron chi connectivity index (χ4n) is 1.47. The summed E-state index contributed by atoms with van der Waals surface area (Å²) in [6.45, 7) is 1.91. The summed E-state index contributed by atoms with van der Waals surface area (Å²) < 4.78 is 11.0. The summed E-state index contributed by atoms with van der Waals surface area (Å²) in [5, 5.41) is 2.88. The fourth-order valence-corrected chi connectivity index (χ4v) is 2.33. The van der Waals surface area contributed by atoms with Crippen LogP contribution in [0, 0.1) is 0 Å². The minimum absolute atomic E-state index is 0.0223. The van der Waals surface area contributed by atoms with Crippen LogP contribution >= 0.6 is 11.6 Å². The molecule has 0 aliphatic carbocycles. The van der Waals surface area contributed by atoms with Gasteiger partial charge in [-0.2, -0.15) is 0 Å². The minimum Gasteiger partial charge on any atom is -0.350 e. The zero-order valence-corrected chi connectivity index (χ0v) is 12.2. The molecule has 100 valence electrons. The molecule has 2 atom stereocenters. The molecule has 0 fully saturated rings. The maximum absolute atomic E-state index is 11.9. The van der Waals surface area contributed by atoms with Gasteiger partial charge in [0.2, 0.25) is 0 Å². The predicted octanol–water partition coefficient (Wildman–Crippen LogP) is 2.31. The first-order valence-electron chi connectivity index (χ1n) is 5.78. The Bertz CT molecular complexity index is 420. The number of alkyl halides is 1. The van der Waals surface area contributed by atoms with E-state index >= 15 is 0 Å². The minimum atomic E-state index is -0.816. The molecule has 0 aliphatic rings. The second-order valence-electron chi connectivity index (χ2n) is 4.27. The van der Waals surface area contributed by atoms with Gasteiger partial charge in [0.1, 0.15) is 0 Å². The van der Waals surface area contributed by atoms with E-state index in [-0.39, 0.29) is 11.9 Å². The van der Waals surface area contributed by atoms with E-state index in [1.807, 2.05) is 19.1 Å². The van der Waals surface area contributed by atoms with Crippen LogP contribution < -0.4 is 5.32 Å². The largest absolute Gasteiger partial charge is 0.350 e. The van der Waals surface area contributed by atoms with Gasteiger partial charge in [-0.15, -0.1) is 11.6 Å². The van der Waals surface area contributed by atoms with Gasteiger partial charge in [0, 0.05) is 40.3 Å². The van der Waals surface area contributed by atoms with Gasteiger partial charge in [-0.05, 0) is 31.0 Å². The number of hydrogen-bond acceptors (Lipinski definition) is 2. The van der Waals surface area contributed by atoms with Crippen molar-refractivity contribution in [2.45, 2.75) is 25.3 Å². The average molecular weight is 288 g/mol. The van der Waals surface area contributed by atoms with E-state index in [1.54, 1.807) is 18.4 Å². The highest BCUT2D eigenvalue weighted by Gasteiger charge is 2.09. The van der Waals surface area contributed by atoms with Crippen LogP contribution in [0.1, 0.15) is 29.3 Å². The Morgan fingerprint density at radius 3 is 2.50 bits per heavy atom. The van der Waals surface area contributed by atoms with Crippen LogP contribution in [0.2, 0.25) is 0 Å². The van der Waals surface area contributed by atoms with Crippen LogP contribution in [-0.2, 0) is 16.7 Å². The van der Waals surface area contributed by atoms with Crippen molar-refractivity contribution in [2.24, 2.45) is 0 Å². The average Bonchev–Trinajstić information content (AvgIpc) is 2.36. The fraction of sp³-hybridized carbons (Fsp3) is 0.462. The topological polar surface area (TPSA) is 46.2 Å². The number of carbonyl (C=O) groups is 1. The molecule has 3 nitrogen and oxygen atoms in total. The third-order valence-corrected chi connectivity index (χ3v) is 3.71. The Balaban J connectivity index is 2.50. The molecule has 5 heteroatoms. The molecule has 1 N–H and O–H groups in total. The van der Waals surface area contributed by atoms with E-state index in [0.29, 0.717) is 23.6 Å². The predicted molar refractivity (Wildman–Crippen MR) is 76.5 cm³/mol. The van der Waals surface area contributed by atoms with Crippen LogP contribution in [0.5, 0.6) is 0 Å². The monoisotopic (exact) mass is 287 g/mol. The smallest absolute Gasteiger partial charge is 0.251 e. The first kappa shape index (κ1) is 15.2. The Kier molecular flexibility index (Phi) is 6.36. The molecule has 1 amide bonds. The van der Waals surface area contributed by atoms with Gasteiger partial charge in [-0.1, -0.05) is 12.1 Å². The van der Waals surface area contributed by atoms with Crippen LogP contribution in [0.4, 0.5) is 0 Å². The van der Waals surface area contributed by atoms with Crippen LogP contribution in [-0.4, -0.2) is 28.2 Å². The van der Waals surface area contributed by atoms with Crippen LogP contribution in [0.15, 0.2) is 24.3 Å². The van der Waals surface area contributed by atoms with Gasteiger partial charge in [0.15, 0.2) is 0 Å². The quantitative estimate of drug-likeness (QED) is 0.816. The second-order valence-corrected chi connectivity index (χ2v) is 6.09. The zero-order chi connectivity index (χ0) is 13.5. The van der Waals surface area contributed by atoms with Crippen molar-refractivity contribution < 1.29 is 9.00 Å². The third-order valence-electron chi connectivity index (χ3n) is 2.59. The van der Waals surface area contributed by atoms with E-state index in [9.17, 15) is 9.00 Å². The number of nitrogens with one attached hydrogen (secondary N) is 1. The van der Waals surface area contributed by atoms with Gasteiger partial charge in [-0.25, -0.2) is 0 Å². The van der Waals surface area contributed by atoms with Crippen LogP contribution in [0.3, 0.4) is 0 Å². The molecule has 0 spiro atoms. The number of amides is 1. The lowest BCUT2D eigenvalue weighted by Gasteiger charge is -2.13. The Hall–Kier alpha value is -0.870. The third kappa shape index (κ3) is 5.19. The van der Waals surface area contributed by atoms with E-state index in [4.69, 9.17) is 11.6 Å². The summed E-state index contributed by atoms with van der Waals surface area (Å²) in [4.78, 5) is 11.9. The molecule has 0 saturated carbocycles. The van der Waals surface area contributed by atoms with Crippen molar-refractivity contribution in [3.63, 3.8) is 0 Å². The first-order chi connectivity index (χ1) is 8.52. The van der Waals surface area contributed by atoms with E-state index < -0.39 is 10.8 Å². The van der Waals surface area contributed by atoms with Gasteiger partial charge in [0.25, 0.3) is 5.91 Å². The molecule has 0 aromatic heterocycles. The van der Waals surface area contributed by atoms with Gasteiger partial charge >= 0.3 is 0 Å². The molecular weight excluding hydrogens is 270 g/mol. The Morgan fingerprint density at radius 2 is 2.00 bits per heavy atom. The van der Waals surface area contributed by atoms with Crippen molar-refractivity contribution >= 4 is 28.3 Å². The Labute approximate surface area is 115 Å². The summed E-state index contributed by atoms with van der Waals surface area (Å²) in [5.41, 5.74) is 1.61. The first-order valence-corrected chi connectivity index (χ1v) is 8.05. The normalized spacial score (nSPS) is 13.9. The molecule has 1 aromatic carbocycles. The number of hydrogen-bond donors (Lipinski definition) is 1. The summed E-state index contributed by atoms with van der Waals surface area (Å²) in [5.74, 6) is 0.943. The molecule has 0 radical (unpaired) electrons. The molecule has 2 unspecified atom stereocenters. The van der Waals surface area contributed by atoms with Crippen molar-refractivity contribution in [1.29, 1.82) is 0 Å². The van der Waals surface area contributed by atoms with E-state index in [1.165, 1.54) is 0 Å². The SMILES string of the molecule is CC(CCS(C)=O)NC(=O)c1ccc(CCl)cc1. The van der Waals surface area contributed by atoms with Crippen molar-refractivity contribution in [3.8, 4) is 0 Å². The standard InChI is InChI=1S/C13H18ClNO2S/c1-10(7-8-18(2)17)15-13(16)12-5-3-11(9-14)4-6-12/h3-6,10H,7-9H2,1-2H3,(H,15,16). The maximum atomic E-state index is 11.9. The summed E-state index contributed by atoms with van der Waals surface area (Å²) in [6.07, 6.45) is 2.38. The van der Waals surface area contributed by atoms with Crippen LogP contribution in [0.25, 0.3) is 0 Å². The number of rotatable bonds is 6. The summed E-state index contributed by atoms with van der Waals surface area (Å²) in [7, 11) is -0.816. The van der Waals surface area contributed by atoms with Gasteiger partial charge in [0.05, 0.1) is 0 Å². The van der Waals surface area contributed by atoms with Gasteiger partial charge < -0.3 is 5.32 Å². The Morgan fingerprint density at radius 1 is 1.39 bits per heavy atom. The zero-order valence-electron chi connectivity index (χ0n) is 10.6. The maximum Gasteiger partial charge on any atom is 0.251 e. The van der Waals surface area contributed by atoms with Crippen molar-refractivity contribution in [1.82, 2.24) is 5.32 Å². The molecular formula is C13H18ClNO2S. The highest BCUT2D eigenvalue weighted by atomic mass is 35.5. The summed E-state index contributed by atoms with van der Waals surface area (Å²) >= 11 is 5.68. The highest BCUT2D eigenvalue weighted by molar-refractivity contribution is 7.84. The molecule has 1 rings (SSSR count). The lowest BCUT2D eigenvalue weighted by atomic mass is 10.1. The number of halogens is 1. The van der Waals surface area contributed by atoms with Crippen molar-refractivity contribution in [2.75, 3.05) is 12.0 Å². The number of benzene rings is 1. The number of carbonyl (C=O) groups excluding carboxylic acids is 1. The molecule has 0 saturated heterocycles.